The van der Waals surface area contributed by atoms with Crippen molar-refractivity contribution in [3.63, 3.8) is 0 Å². The second-order valence-electron chi connectivity index (χ2n) is 4.45. The van der Waals surface area contributed by atoms with Crippen LogP contribution in [-0.4, -0.2) is 16.9 Å². The summed E-state index contributed by atoms with van der Waals surface area (Å²) in [5.74, 6) is 0.525. The van der Waals surface area contributed by atoms with E-state index in [0.717, 1.165) is 17.8 Å². The number of halogens is 1. The first kappa shape index (κ1) is 17.4. The van der Waals surface area contributed by atoms with Gasteiger partial charge in [-0.3, -0.25) is 4.79 Å². The first-order valence-electron chi connectivity index (χ1n) is 6.02. The Hall–Kier alpha value is -0.650. The number of nitrogens with zero attached hydrogens (tertiary/aromatic N) is 1. The fraction of sp³-hybridized carbons (Fsp3) is 0.667. The molecule has 1 aromatic heterocycles. The maximum atomic E-state index is 11.8. The van der Waals surface area contributed by atoms with Crippen LogP contribution in [-0.2, 0) is 6.54 Å². The van der Waals surface area contributed by atoms with E-state index in [-0.39, 0.29) is 24.4 Å². The molecule has 1 amide bonds. The minimum atomic E-state index is -0.100. The molecule has 0 radical (unpaired) electrons. The Kier molecular flexibility index (Phi) is 8.15. The molecule has 104 valence electrons. The summed E-state index contributed by atoms with van der Waals surface area (Å²) >= 11 is 1.43. The monoisotopic (exact) mass is 291 g/mol. The largest absolute Gasteiger partial charge is 0.348 e. The third-order valence-electron chi connectivity index (χ3n) is 2.79. The molecule has 18 heavy (non-hydrogen) atoms. The molecule has 0 bridgehead atoms. The standard InChI is InChI=1S/C12H21N3OS.ClH/c1-4-8(2)5-9(3)14-12(16)10-7-17-11(6-13)15-10;/h7-9H,4-6,13H2,1-3H3,(H,14,16);1H. The summed E-state index contributed by atoms with van der Waals surface area (Å²) in [4.78, 5) is 16.0. The summed E-state index contributed by atoms with van der Waals surface area (Å²) in [6, 6.07) is 0.181. The van der Waals surface area contributed by atoms with E-state index in [0.29, 0.717) is 18.2 Å². The van der Waals surface area contributed by atoms with Crippen molar-refractivity contribution in [2.24, 2.45) is 11.7 Å². The molecule has 6 heteroatoms. The number of thiazole rings is 1. The van der Waals surface area contributed by atoms with Crippen LogP contribution in [0.15, 0.2) is 5.38 Å². The van der Waals surface area contributed by atoms with E-state index >= 15 is 0 Å². The van der Waals surface area contributed by atoms with E-state index in [1.807, 2.05) is 6.92 Å². The number of carbonyl (C=O) groups is 1. The molecule has 0 saturated heterocycles. The van der Waals surface area contributed by atoms with Crippen molar-refractivity contribution >= 4 is 29.7 Å². The molecule has 1 rings (SSSR count). The van der Waals surface area contributed by atoms with E-state index in [1.54, 1.807) is 5.38 Å². The van der Waals surface area contributed by atoms with Crippen molar-refractivity contribution in [3.8, 4) is 0 Å². The lowest BCUT2D eigenvalue weighted by molar-refractivity contribution is 0.0931. The molecular weight excluding hydrogens is 270 g/mol. The zero-order chi connectivity index (χ0) is 12.8. The van der Waals surface area contributed by atoms with Gasteiger partial charge < -0.3 is 11.1 Å². The molecule has 1 aromatic rings. The van der Waals surface area contributed by atoms with Crippen LogP contribution >= 0.6 is 23.7 Å². The molecule has 0 spiro atoms. The van der Waals surface area contributed by atoms with Gasteiger partial charge in [0.2, 0.25) is 0 Å². The summed E-state index contributed by atoms with van der Waals surface area (Å²) in [7, 11) is 0. The topological polar surface area (TPSA) is 68.0 Å². The predicted octanol–water partition coefficient (Wildman–Crippen LogP) is 2.58. The van der Waals surface area contributed by atoms with Gasteiger partial charge in [-0.2, -0.15) is 0 Å². The highest BCUT2D eigenvalue weighted by atomic mass is 35.5. The molecule has 0 aliphatic rings. The molecular formula is C12H22ClN3OS. The zero-order valence-electron chi connectivity index (χ0n) is 11.1. The van der Waals surface area contributed by atoms with Crippen LogP contribution in [0.25, 0.3) is 0 Å². The van der Waals surface area contributed by atoms with Crippen molar-refractivity contribution in [2.45, 2.75) is 46.2 Å². The molecule has 2 unspecified atom stereocenters. The molecule has 0 saturated carbocycles. The van der Waals surface area contributed by atoms with Crippen LogP contribution in [0.5, 0.6) is 0 Å². The summed E-state index contributed by atoms with van der Waals surface area (Å²) in [6.07, 6.45) is 2.13. The van der Waals surface area contributed by atoms with Crippen molar-refractivity contribution in [1.82, 2.24) is 10.3 Å². The van der Waals surface area contributed by atoms with Crippen LogP contribution in [0.3, 0.4) is 0 Å². The summed E-state index contributed by atoms with van der Waals surface area (Å²) in [5.41, 5.74) is 5.94. The number of amides is 1. The van der Waals surface area contributed by atoms with Crippen LogP contribution in [0.1, 0.15) is 49.1 Å². The average Bonchev–Trinajstić information content (AvgIpc) is 2.77. The number of hydrogen-bond acceptors (Lipinski definition) is 4. The van der Waals surface area contributed by atoms with Gasteiger partial charge in [-0.15, -0.1) is 23.7 Å². The number of carbonyl (C=O) groups excluding carboxylic acids is 1. The van der Waals surface area contributed by atoms with Crippen molar-refractivity contribution in [3.05, 3.63) is 16.1 Å². The van der Waals surface area contributed by atoms with Gasteiger partial charge in [-0.25, -0.2) is 4.98 Å². The van der Waals surface area contributed by atoms with E-state index in [2.05, 4.69) is 24.1 Å². The van der Waals surface area contributed by atoms with Crippen LogP contribution in [0, 0.1) is 5.92 Å². The average molecular weight is 292 g/mol. The summed E-state index contributed by atoms with van der Waals surface area (Å²) in [6.45, 7) is 6.77. The molecule has 2 atom stereocenters. The Labute approximate surface area is 119 Å². The highest BCUT2D eigenvalue weighted by Gasteiger charge is 2.14. The van der Waals surface area contributed by atoms with E-state index in [4.69, 9.17) is 5.73 Å². The Morgan fingerprint density at radius 3 is 2.72 bits per heavy atom. The van der Waals surface area contributed by atoms with Gasteiger partial charge >= 0.3 is 0 Å². The van der Waals surface area contributed by atoms with Crippen LogP contribution < -0.4 is 11.1 Å². The third-order valence-corrected chi connectivity index (χ3v) is 3.66. The van der Waals surface area contributed by atoms with Gasteiger partial charge in [0.05, 0.1) is 0 Å². The second-order valence-corrected chi connectivity index (χ2v) is 5.40. The van der Waals surface area contributed by atoms with Gasteiger partial charge in [0.15, 0.2) is 0 Å². The Morgan fingerprint density at radius 1 is 1.56 bits per heavy atom. The molecule has 4 nitrogen and oxygen atoms in total. The van der Waals surface area contributed by atoms with Gasteiger partial charge in [0, 0.05) is 18.0 Å². The highest BCUT2D eigenvalue weighted by Crippen LogP contribution is 2.12. The molecule has 0 fully saturated rings. The van der Waals surface area contributed by atoms with Crippen molar-refractivity contribution in [2.75, 3.05) is 0 Å². The van der Waals surface area contributed by atoms with Gasteiger partial charge in [0.25, 0.3) is 5.91 Å². The molecule has 0 aliphatic carbocycles. The van der Waals surface area contributed by atoms with E-state index in [9.17, 15) is 4.79 Å². The number of aromatic nitrogens is 1. The van der Waals surface area contributed by atoms with Crippen molar-refractivity contribution < 1.29 is 4.79 Å². The molecule has 0 aromatic carbocycles. The summed E-state index contributed by atoms with van der Waals surface area (Å²) < 4.78 is 0. The maximum absolute atomic E-state index is 11.8. The normalized spacial score (nSPS) is 13.6. The lowest BCUT2D eigenvalue weighted by Crippen LogP contribution is -2.33. The van der Waals surface area contributed by atoms with Gasteiger partial charge in [0.1, 0.15) is 10.7 Å². The smallest absolute Gasteiger partial charge is 0.270 e. The number of rotatable bonds is 6. The summed E-state index contributed by atoms with van der Waals surface area (Å²) in [5, 5.41) is 5.52. The van der Waals surface area contributed by atoms with E-state index in [1.165, 1.54) is 11.3 Å². The van der Waals surface area contributed by atoms with Gasteiger partial charge in [-0.1, -0.05) is 20.3 Å². The van der Waals surface area contributed by atoms with E-state index < -0.39 is 0 Å². The minimum absolute atomic E-state index is 0. The number of nitrogens with two attached hydrogens (primary N) is 1. The fourth-order valence-corrected chi connectivity index (χ4v) is 2.29. The zero-order valence-corrected chi connectivity index (χ0v) is 12.7. The first-order chi connectivity index (χ1) is 8.06. The van der Waals surface area contributed by atoms with Crippen LogP contribution in [0.2, 0.25) is 0 Å². The lowest BCUT2D eigenvalue weighted by atomic mass is 10.0. The first-order valence-corrected chi connectivity index (χ1v) is 6.90. The quantitative estimate of drug-likeness (QED) is 0.846. The number of hydrogen-bond donors (Lipinski definition) is 2. The van der Waals surface area contributed by atoms with Gasteiger partial charge in [-0.05, 0) is 19.3 Å². The lowest BCUT2D eigenvalue weighted by Gasteiger charge is -2.16. The Balaban J connectivity index is 0.00000289. The molecule has 3 N–H and O–H groups in total. The number of nitrogens with one attached hydrogen (secondary N) is 1. The van der Waals surface area contributed by atoms with Crippen LogP contribution in [0.4, 0.5) is 0 Å². The maximum Gasteiger partial charge on any atom is 0.270 e. The SMILES string of the molecule is CCC(C)CC(C)NC(=O)c1csc(CN)n1.Cl. The molecule has 1 heterocycles. The fourth-order valence-electron chi connectivity index (χ4n) is 1.64. The predicted molar refractivity (Wildman–Crippen MR) is 78.3 cm³/mol. The Bertz CT molecular complexity index is 370. The Morgan fingerprint density at radius 2 is 2.22 bits per heavy atom. The second kappa shape index (κ2) is 8.45. The molecule has 0 aliphatic heterocycles. The minimum Gasteiger partial charge on any atom is -0.348 e. The highest BCUT2D eigenvalue weighted by molar-refractivity contribution is 7.09. The van der Waals surface area contributed by atoms with Crippen molar-refractivity contribution in [1.29, 1.82) is 0 Å². The third kappa shape index (κ3) is 5.33.